The van der Waals surface area contributed by atoms with Crippen LogP contribution in [0.1, 0.15) is 23.7 Å². The molecule has 0 saturated carbocycles. The van der Waals surface area contributed by atoms with Crippen LogP contribution in [-0.4, -0.2) is 71.0 Å². The van der Waals surface area contributed by atoms with E-state index in [9.17, 15) is 9.59 Å². The van der Waals surface area contributed by atoms with Gasteiger partial charge in [-0.1, -0.05) is 0 Å². The molecule has 0 radical (unpaired) electrons. The van der Waals surface area contributed by atoms with Crippen LogP contribution in [0, 0.1) is 0 Å². The third-order valence-corrected chi connectivity index (χ3v) is 3.53. The maximum absolute atomic E-state index is 11.8. The summed E-state index contributed by atoms with van der Waals surface area (Å²) in [4.78, 5) is 22.6. The molecule has 27 heavy (non-hydrogen) atoms. The third-order valence-electron chi connectivity index (χ3n) is 3.53. The molecule has 0 unspecified atom stereocenters. The summed E-state index contributed by atoms with van der Waals surface area (Å²) in [6.45, 7) is 6.40. The predicted octanol–water partition coefficient (Wildman–Crippen LogP) is 0.617. The molecule has 0 heterocycles. The Morgan fingerprint density at radius 1 is 0.852 bits per heavy atom. The molecule has 1 rings (SSSR count). The fraction of sp³-hybridized carbons (Fsp3) is 0.579. The van der Waals surface area contributed by atoms with E-state index in [2.05, 4.69) is 10.6 Å². The largest absolute Gasteiger partial charge is 0.399 e. The molecule has 4 N–H and O–H groups in total. The minimum absolute atomic E-state index is 0.150. The van der Waals surface area contributed by atoms with Gasteiger partial charge in [0, 0.05) is 37.3 Å². The number of carbonyl (C=O) groups excluding carboxylic acids is 2. The lowest BCUT2D eigenvalue weighted by molar-refractivity contribution is -0.116. The van der Waals surface area contributed by atoms with Crippen molar-refractivity contribution in [2.45, 2.75) is 13.3 Å². The number of ketones is 1. The molecule has 0 fully saturated rings. The zero-order valence-electron chi connectivity index (χ0n) is 16.0. The smallest absolute Gasteiger partial charge is 0.251 e. The van der Waals surface area contributed by atoms with Gasteiger partial charge >= 0.3 is 0 Å². The molecule has 0 spiro atoms. The minimum Gasteiger partial charge on any atom is -0.399 e. The number of ether oxygens (including phenoxy) is 3. The molecule has 0 atom stereocenters. The molecule has 152 valence electrons. The number of anilines is 1. The quantitative estimate of drug-likeness (QED) is 0.284. The zero-order valence-corrected chi connectivity index (χ0v) is 16.0. The lowest BCUT2D eigenvalue weighted by Gasteiger charge is -2.08. The summed E-state index contributed by atoms with van der Waals surface area (Å²) in [6, 6.07) is 6.75. The standard InChI is InChI=1S/C19H31N3O5/c1-16(23)6-7-21-8-10-25-12-14-27-15-13-26-11-9-22-19(24)17-2-4-18(20)5-3-17/h2-5,21H,6-15,20H2,1H3,(H,22,24). The highest BCUT2D eigenvalue weighted by atomic mass is 16.5. The predicted molar refractivity (Wildman–Crippen MR) is 104 cm³/mol. The number of amides is 1. The molecule has 1 amide bonds. The van der Waals surface area contributed by atoms with E-state index in [0.717, 1.165) is 6.54 Å². The molecule has 8 heteroatoms. The van der Waals surface area contributed by atoms with E-state index in [0.29, 0.717) is 70.4 Å². The molecule has 0 bridgehead atoms. The van der Waals surface area contributed by atoms with Gasteiger partial charge in [0.15, 0.2) is 0 Å². The van der Waals surface area contributed by atoms with Gasteiger partial charge in [-0.2, -0.15) is 0 Å². The van der Waals surface area contributed by atoms with Gasteiger partial charge in [0.05, 0.1) is 39.6 Å². The van der Waals surface area contributed by atoms with Crippen LogP contribution < -0.4 is 16.4 Å². The number of carbonyl (C=O) groups is 2. The third kappa shape index (κ3) is 12.9. The number of hydrogen-bond donors (Lipinski definition) is 3. The van der Waals surface area contributed by atoms with E-state index in [-0.39, 0.29) is 11.7 Å². The van der Waals surface area contributed by atoms with Gasteiger partial charge in [-0.3, -0.25) is 9.59 Å². The van der Waals surface area contributed by atoms with Gasteiger partial charge in [0.1, 0.15) is 5.78 Å². The Hall–Kier alpha value is -2.00. The maximum atomic E-state index is 11.8. The van der Waals surface area contributed by atoms with Crippen molar-refractivity contribution in [3.05, 3.63) is 29.8 Å². The van der Waals surface area contributed by atoms with Gasteiger partial charge in [-0.15, -0.1) is 0 Å². The number of nitrogen functional groups attached to an aromatic ring is 1. The number of rotatable bonds is 16. The average molecular weight is 381 g/mol. The zero-order chi connectivity index (χ0) is 19.7. The Morgan fingerprint density at radius 2 is 1.41 bits per heavy atom. The van der Waals surface area contributed by atoms with Crippen LogP contribution in [0.2, 0.25) is 0 Å². The SMILES string of the molecule is CC(=O)CCNCCOCCOCCOCCNC(=O)c1ccc(N)cc1. The number of Topliss-reactive ketones (excluding diaryl/α,β-unsaturated/α-hetero) is 1. The second-order valence-corrected chi connectivity index (χ2v) is 5.92. The molecule has 1 aromatic carbocycles. The van der Waals surface area contributed by atoms with Crippen molar-refractivity contribution in [1.29, 1.82) is 0 Å². The fourth-order valence-electron chi connectivity index (χ4n) is 2.05. The molecule has 1 aromatic rings. The van der Waals surface area contributed by atoms with Crippen molar-refractivity contribution in [3.63, 3.8) is 0 Å². The van der Waals surface area contributed by atoms with Crippen LogP contribution in [-0.2, 0) is 19.0 Å². The highest BCUT2D eigenvalue weighted by Gasteiger charge is 2.03. The van der Waals surface area contributed by atoms with E-state index < -0.39 is 0 Å². The first-order valence-corrected chi connectivity index (χ1v) is 9.16. The number of hydrogen-bond acceptors (Lipinski definition) is 7. The van der Waals surface area contributed by atoms with Gasteiger partial charge in [0.2, 0.25) is 0 Å². The number of nitrogens with two attached hydrogens (primary N) is 1. The van der Waals surface area contributed by atoms with Crippen molar-refractivity contribution >= 4 is 17.4 Å². The number of benzene rings is 1. The summed E-state index contributed by atoms with van der Waals surface area (Å²) in [7, 11) is 0. The topological polar surface area (TPSA) is 112 Å². The lowest BCUT2D eigenvalue weighted by Crippen LogP contribution is -2.27. The van der Waals surface area contributed by atoms with Gasteiger partial charge in [-0.25, -0.2) is 0 Å². The van der Waals surface area contributed by atoms with E-state index in [1.54, 1.807) is 31.2 Å². The van der Waals surface area contributed by atoms with E-state index in [1.807, 2.05) is 0 Å². The molecule has 0 aliphatic heterocycles. The van der Waals surface area contributed by atoms with E-state index >= 15 is 0 Å². The highest BCUT2D eigenvalue weighted by molar-refractivity contribution is 5.94. The van der Waals surface area contributed by atoms with Crippen LogP contribution in [0.15, 0.2) is 24.3 Å². The Balaban J connectivity index is 1.82. The Kier molecular flexibility index (Phi) is 12.9. The van der Waals surface area contributed by atoms with Crippen LogP contribution in [0.4, 0.5) is 5.69 Å². The first-order valence-electron chi connectivity index (χ1n) is 9.16. The first-order chi connectivity index (χ1) is 13.1. The monoisotopic (exact) mass is 381 g/mol. The summed E-state index contributed by atoms with van der Waals surface area (Å²) in [6.07, 6.45) is 0.550. The average Bonchev–Trinajstić information content (AvgIpc) is 2.65. The summed E-state index contributed by atoms with van der Waals surface area (Å²) < 4.78 is 16.2. The second kappa shape index (κ2) is 15.1. The second-order valence-electron chi connectivity index (χ2n) is 5.92. The molecular formula is C19H31N3O5. The molecule has 0 aromatic heterocycles. The fourth-order valence-corrected chi connectivity index (χ4v) is 2.05. The normalized spacial score (nSPS) is 10.7. The van der Waals surface area contributed by atoms with E-state index in [4.69, 9.17) is 19.9 Å². The van der Waals surface area contributed by atoms with Gasteiger partial charge in [-0.05, 0) is 31.2 Å². The molecule has 0 saturated heterocycles. The van der Waals surface area contributed by atoms with Crippen LogP contribution >= 0.6 is 0 Å². The Morgan fingerprint density at radius 3 is 2.00 bits per heavy atom. The highest BCUT2D eigenvalue weighted by Crippen LogP contribution is 2.04. The Labute approximate surface area is 160 Å². The van der Waals surface area contributed by atoms with Crippen LogP contribution in [0.3, 0.4) is 0 Å². The number of nitrogens with one attached hydrogen (secondary N) is 2. The van der Waals surface area contributed by atoms with Gasteiger partial charge < -0.3 is 30.6 Å². The summed E-state index contributed by atoms with van der Waals surface area (Å²) >= 11 is 0. The van der Waals surface area contributed by atoms with Crippen LogP contribution in [0.25, 0.3) is 0 Å². The van der Waals surface area contributed by atoms with Crippen LogP contribution in [0.5, 0.6) is 0 Å². The first kappa shape index (κ1) is 23.0. The van der Waals surface area contributed by atoms with E-state index in [1.165, 1.54) is 0 Å². The van der Waals surface area contributed by atoms with Gasteiger partial charge in [0.25, 0.3) is 5.91 Å². The van der Waals surface area contributed by atoms with Crippen molar-refractivity contribution in [2.24, 2.45) is 0 Å². The molecule has 0 aliphatic carbocycles. The summed E-state index contributed by atoms with van der Waals surface area (Å²) in [5.41, 5.74) is 6.78. The molecular weight excluding hydrogens is 350 g/mol. The van der Waals surface area contributed by atoms with Crippen molar-refractivity contribution in [3.8, 4) is 0 Å². The maximum Gasteiger partial charge on any atom is 0.251 e. The molecule has 8 nitrogen and oxygen atoms in total. The van der Waals surface area contributed by atoms with Crippen molar-refractivity contribution in [1.82, 2.24) is 10.6 Å². The van der Waals surface area contributed by atoms with Crippen molar-refractivity contribution < 1.29 is 23.8 Å². The summed E-state index contributed by atoms with van der Waals surface area (Å²) in [5.74, 6) is 0.0333. The minimum atomic E-state index is -0.150. The Bertz CT molecular complexity index is 537. The summed E-state index contributed by atoms with van der Waals surface area (Å²) in [5, 5.41) is 5.90. The van der Waals surface area contributed by atoms with Crippen molar-refractivity contribution in [2.75, 3.05) is 65.0 Å². The lowest BCUT2D eigenvalue weighted by atomic mass is 10.2. The molecule has 0 aliphatic rings.